The first kappa shape index (κ1) is 20.5. The highest BCUT2D eigenvalue weighted by Crippen LogP contribution is 2.36. The fourth-order valence-electron chi connectivity index (χ4n) is 2.50. The van der Waals surface area contributed by atoms with Gasteiger partial charge in [-0.25, -0.2) is 0 Å². The highest BCUT2D eigenvalue weighted by Gasteiger charge is 2.28. The average Bonchev–Trinajstić information content (AvgIpc) is 2.38. The summed E-state index contributed by atoms with van der Waals surface area (Å²) < 4.78 is 4.93. The molecule has 1 nitrogen and oxygen atoms in total. The Morgan fingerprint density at radius 3 is 2.00 bits per heavy atom. The van der Waals surface area contributed by atoms with Crippen LogP contribution in [-0.4, -0.2) is 17.5 Å². The van der Waals surface area contributed by atoms with E-state index in [0.717, 1.165) is 38.9 Å². The molecule has 1 atom stereocenters. The predicted octanol–water partition coefficient (Wildman–Crippen LogP) is 6.75. The van der Waals surface area contributed by atoms with Crippen LogP contribution in [0, 0.1) is 5.92 Å². The van der Waals surface area contributed by atoms with E-state index in [1.807, 2.05) is 6.92 Å². The molecule has 0 saturated carbocycles. The van der Waals surface area contributed by atoms with Crippen molar-refractivity contribution in [1.82, 2.24) is 0 Å². The largest absolute Gasteiger partial charge is 0.381 e. The van der Waals surface area contributed by atoms with E-state index in [1.54, 1.807) is 0 Å². The zero-order valence-corrected chi connectivity index (χ0v) is 15.2. The highest BCUT2D eigenvalue weighted by molar-refractivity contribution is 6.48. The van der Waals surface area contributed by atoms with Crippen LogP contribution in [0.3, 0.4) is 0 Å². The summed E-state index contributed by atoms with van der Waals surface area (Å²) in [7, 11) is 0. The summed E-state index contributed by atoms with van der Waals surface area (Å²) in [4.78, 5) is 0. The van der Waals surface area contributed by atoms with Gasteiger partial charge in [0.15, 0.2) is 0 Å². The Hall–Kier alpha value is 0.540. The van der Waals surface area contributed by atoms with Gasteiger partial charge in [-0.1, -0.05) is 52.4 Å². The third-order valence-electron chi connectivity index (χ3n) is 3.81. The number of halogens is 2. The molecule has 0 aromatic carbocycles. The summed E-state index contributed by atoms with van der Waals surface area (Å²) in [6.45, 7) is 8.02. The topological polar surface area (TPSA) is 9.23 Å². The number of hydrogen-bond acceptors (Lipinski definition) is 1. The number of unbranched alkanes of at least 4 members (excludes halogenated alkanes) is 5. The van der Waals surface area contributed by atoms with Crippen molar-refractivity contribution in [2.75, 3.05) is 13.2 Å². The standard InChI is InChI=1S/C17H34Cl2O/c1-4-6-7-8-9-10-12-16(17(3,18)19)13-11-15-20-14-5-2/h16H,4-15H2,1-3H3. The Balaban J connectivity index is 3.75. The molecule has 0 aromatic heterocycles. The number of rotatable bonds is 14. The Morgan fingerprint density at radius 2 is 1.40 bits per heavy atom. The fourth-order valence-corrected chi connectivity index (χ4v) is 2.94. The molecule has 0 fully saturated rings. The first-order valence-corrected chi connectivity index (χ1v) is 9.23. The lowest BCUT2D eigenvalue weighted by atomic mass is 9.92. The van der Waals surface area contributed by atoms with Crippen molar-refractivity contribution in [3.05, 3.63) is 0 Å². The Kier molecular flexibility index (Phi) is 13.6. The van der Waals surface area contributed by atoms with E-state index in [1.165, 1.54) is 38.5 Å². The third kappa shape index (κ3) is 12.3. The van der Waals surface area contributed by atoms with Gasteiger partial charge in [0.1, 0.15) is 4.33 Å². The van der Waals surface area contributed by atoms with E-state index in [4.69, 9.17) is 27.9 Å². The Labute approximate surface area is 136 Å². The lowest BCUT2D eigenvalue weighted by Gasteiger charge is -2.26. The third-order valence-corrected chi connectivity index (χ3v) is 4.43. The van der Waals surface area contributed by atoms with Gasteiger partial charge in [0.25, 0.3) is 0 Å². The summed E-state index contributed by atoms with van der Waals surface area (Å²) >= 11 is 12.7. The maximum absolute atomic E-state index is 6.33. The molecule has 20 heavy (non-hydrogen) atoms. The molecule has 0 heterocycles. The summed E-state index contributed by atoms with van der Waals surface area (Å²) in [5.74, 6) is 0.391. The predicted molar refractivity (Wildman–Crippen MR) is 91.9 cm³/mol. The molecule has 1 unspecified atom stereocenters. The minimum atomic E-state index is -0.603. The molecule has 0 aliphatic carbocycles. The highest BCUT2D eigenvalue weighted by atomic mass is 35.5. The molecule has 0 amide bonds. The molecule has 0 aromatic rings. The Morgan fingerprint density at radius 1 is 0.800 bits per heavy atom. The fraction of sp³-hybridized carbons (Fsp3) is 1.00. The molecule has 0 N–H and O–H groups in total. The van der Waals surface area contributed by atoms with Crippen LogP contribution in [0.15, 0.2) is 0 Å². The van der Waals surface area contributed by atoms with Crippen molar-refractivity contribution >= 4 is 23.2 Å². The minimum absolute atomic E-state index is 0.391. The van der Waals surface area contributed by atoms with Gasteiger partial charge in [0, 0.05) is 13.2 Å². The van der Waals surface area contributed by atoms with Crippen LogP contribution in [-0.2, 0) is 4.74 Å². The van der Waals surface area contributed by atoms with Crippen LogP contribution in [0.1, 0.15) is 85.0 Å². The van der Waals surface area contributed by atoms with E-state index in [-0.39, 0.29) is 0 Å². The van der Waals surface area contributed by atoms with Crippen molar-refractivity contribution in [3.8, 4) is 0 Å². The first-order chi connectivity index (χ1) is 9.52. The van der Waals surface area contributed by atoms with Crippen LogP contribution in [0.25, 0.3) is 0 Å². The van der Waals surface area contributed by atoms with Gasteiger partial charge in [0.2, 0.25) is 0 Å². The molecular formula is C17H34Cl2O. The maximum atomic E-state index is 6.33. The SMILES string of the molecule is CCCCCCCCC(CCCOCCC)C(C)(Cl)Cl. The van der Waals surface area contributed by atoms with E-state index in [0.29, 0.717) is 5.92 Å². The van der Waals surface area contributed by atoms with Crippen molar-refractivity contribution in [1.29, 1.82) is 0 Å². The van der Waals surface area contributed by atoms with Gasteiger partial charge in [-0.05, 0) is 38.5 Å². The number of ether oxygens (including phenoxy) is 1. The molecule has 0 aliphatic heterocycles. The smallest absolute Gasteiger partial charge is 0.118 e. The molecule has 0 radical (unpaired) electrons. The van der Waals surface area contributed by atoms with Crippen LogP contribution in [0.4, 0.5) is 0 Å². The minimum Gasteiger partial charge on any atom is -0.381 e. The van der Waals surface area contributed by atoms with Crippen molar-refractivity contribution in [2.24, 2.45) is 5.92 Å². The Bertz CT molecular complexity index is 202. The summed E-state index contributed by atoms with van der Waals surface area (Å²) in [6, 6.07) is 0. The lowest BCUT2D eigenvalue weighted by molar-refractivity contribution is 0.126. The van der Waals surface area contributed by atoms with Crippen molar-refractivity contribution in [2.45, 2.75) is 89.3 Å². The van der Waals surface area contributed by atoms with E-state index in [9.17, 15) is 0 Å². The van der Waals surface area contributed by atoms with Crippen LogP contribution in [0.2, 0.25) is 0 Å². The zero-order chi connectivity index (χ0) is 15.3. The normalized spacial score (nSPS) is 13.7. The van der Waals surface area contributed by atoms with Gasteiger partial charge >= 0.3 is 0 Å². The second kappa shape index (κ2) is 13.2. The zero-order valence-electron chi connectivity index (χ0n) is 13.7. The second-order valence-corrected chi connectivity index (χ2v) is 7.73. The van der Waals surface area contributed by atoms with Crippen LogP contribution in [0.5, 0.6) is 0 Å². The van der Waals surface area contributed by atoms with E-state index < -0.39 is 4.33 Å². The summed E-state index contributed by atoms with van der Waals surface area (Å²) in [5.41, 5.74) is 0. The van der Waals surface area contributed by atoms with Crippen molar-refractivity contribution in [3.63, 3.8) is 0 Å². The molecule has 0 rings (SSSR count). The number of hydrogen-bond donors (Lipinski definition) is 0. The molecule has 3 heteroatoms. The second-order valence-electron chi connectivity index (χ2n) is 5.96. The lowest BCUT2D eigenvalue weighted by Crippen LogP contribution is -2.22. The molecule has 0 saturated heterocycles. The first-order valence-electron chi connectivity index (χ1n) is 8.47. The monoisotopic (exact) mass is 324 g/mol. The molecule has 0 bridgehead atoms. The van der Waals surface area contributed by atoms with Crippen LogP contribution < -0.4 is 0 Å². The summed E-state index contributed by atoms with van der Waals surface area (Å²) in [5, 5.41) is 0. The quantitative estimate of drug-likeness (QED) is 0.253. The molecule has 0 aliphatic rings. The molecule has 0 spiro atoms. The van der Waals surface area contributed by atoms with Gasteiger partial charge in [-0.3, -0.25) is 0 Å². The van der Waals surface area contributed by atoms with Gasteiger partial charge in [0.05, 0.1) is 0 Å². The van der Waals surface area contributed by atoms with Crippen molar-refractivity contribution < 1.29 is 4.74 Å². The number of alkyl halides is 2. The van der Waals surface area contributed by atoms with Crippen LogP contribution >= 0.6 is 23.2 Å². The van der Waals surface area contributed by atoms with E-state index in [2.05, 4.69) is 13.8 Å². The summed E-state index contributed by atoms with van der Waals surface area (Å²) in [6.07, 6.45) is 12.3. The van der Waals surface area contributed by atoms with Gasteiger partial charge in [-0.2, -0.15) is 0 Å². The maximum Gasteiger partial charge on any atom is 0.118 e. The van der Waals surface area contributed by atoms with Gasteiger partial charge < -0.3 is 4.74 Å². The average molecular weight is 325 g/mol. The molecule has 122 valence electrons. The van der Waals surface area contributed by atoms with E-state index >= 15 is 0 Å². The van der Waals surface area contributed by atoms with Gasteiger partial charge in [-0.15, -0.1) is 23.2 Å². The molecular weight excluding hydrogens is 291 g/mol.